The molecule has 0 bridgehead atoms. The Morgan fingerprint density at radius 2 is 2.25 bits per heavy atom. The summed E-state index contributed by atoms with van der Waals surface area (Å²) in [5.74, 6) is -0.0650. The van der Waals surface area contributed by atoms with Gasteiger partial charge in [0.05, 0.1) is 6.42 Å². The first-order valence-corrected chi connectivity index (χ1v) is 4.40. The molecule has 1 amide bonds. The first-order chi connectivity index (χ1) is 5.75. The van der Waals surface area contributed by atoms with E-state index in [1.54, 1.807) is 6.21 Å². The highest BCUT2D eigenvalue weighted by Crippen LogP contribution is 2.18. The third-order valence-electron chi connectivity index (χ3n) is 1.80. The van der Waals surface area contributed by atoms with Gasteiger partial charge < -0.3 is 0 Å². The van der Waals surface area contributed by atoms with Crippen molar-refractivity contribution in [1.82, 2.24) is 0 Å². The van der Waals surface area contributed by atoms with Crippen molar-refractivity contribution in [3.05, 3.63) is 33.8 Å². The topological polar surface area (TPSA) is 29.4 Å². The van der Waals surface area contributed by atoms with Crippen molar-refractivity contribution in [3.63, 3.8) is 0 Å². The second-order valence-corrected chi connectivity index (χ2v) is 3.59. The summed E-state index contributed by atoms with van der Waals surface area (Å²) in [4.78, 5) is 14.6. The number of rotatable bonds is 0. The summed E-state index contributed by atoms with van der Waals surface area (Å²) in [5.41, 5.74) is 2.09. The minimum atomic E-state index is -0.0650. The number of hydrogen-bond acceptors (Lipinski definition) is 1. The lowest BCUT2D eigenvalue weighted by Crippen LogP contribution is -2.08. The summed E-state index contributed by atoms with van der Waals surface area (Å²) < 4.78 is 1.02. The minimum absolute atomic E-state index is 0.0650. The molecule has 0 radical (unpaired) electrons. The van der Waals surface area contributed by atoms with Gasteiger partial charge in [0.2, 0.25) is 5.91 Å². The maximum absolute atomic E-state index is 10.9. The smallest absolute Gasteiger partial charge is 0.250 e. The molecule has 0 saturated heterocycles. The van der Waals surface area contributed by atoms with E-state index in [0.717, 1.165) is 15.6 Å². The Morgan fingerprint density at radius 1 is 1.42 bits per heavy atom. The van der Waals surface area contributed by atoms with Crippen molar-refractivity contribution in [2.24, 2.45) is 4.99 Å². The molecule has 12 heavy (non-hydrogen) atoms. The fraction of sp³-hybridized carbons (Fsp3) is 0.111. The van der Waals surface area contributed by atoms with Crippen molar-refractivity contribution in [3.8, 4) is 0 Å². The Kier molecular flexibility index (Phi) is 1.81. The van der Waals surface area contributed by atoms with Gasteiger partial charge in [-0.2, -0.15) is 0 Å². The van der Waals surface area contributed by atoms with Crippen molar-refractivity contribution in [2.45, 2.75) is 6.42 Å². The average molecular weight is 224 g/mol. The van der Waals surface area contributed by atoms with Crippen molar-refractivity contribution in [2.75, 3.05) is 0 Å². The molecular formula is C9H6BrNO. The lowest BCUT2D eigenvalue weighted by molar-refractivity contribution is -0.117. The Bertz CT molecular complexity index is 371. The van der Waals surface area contributed by atoms with Crippen LogP contribution in [0.5, 0.6) is 0 Å². The highest BCUT2D eigenvalue weighted by atomic mass is 79.9. The second kappa shape index (κ2) is 2.83. The van der Waals surface area contributed by atoms with E-state index in [1.165, 1.54) is 0 Å². The zero-order valence-corrected chi connectivity index (χ0v) is 7.84. The summed E-state index contributed by atoms with van der Waals surface area (Å²) in [7, 11) is 0. The maximum Gasteiger partial charge on any atom is 0.250 e. The predicted molar refractivity (Wildman–Crippen MR) is 50.4 cm³/mol. The van der Waals surface area contributed by atoms with Gasteiger partial charge in [0.15, 0.2) is 0 Å². The standard InChI is InChI=1S/C9H6BrNO/c10-8-2-1-6-4-9(12)11-5-7(6)3-8/h1-3,5H,4H2. The summed E-state index contributed by atoms with van der Waals surface area (Å²) in [6.07, 6.45) is 2.05. The second-order valence-electron chi connectivity index (χ2n) is 2.67. The highest BCUT2D eigenvalue weighted by molar-refractivity contribution is 9.10. The molecule has 1 aromatic carbocycles. The Balaban J connectivity index is 2.54. The summed E-state index contributed by atoms with van der Waals surface area (Å²) in [5, 5.41) is 0. The summed E-state index contributed by atoms with van der Waals surface area (Å²) in [6.45, 7) is 0. The lowest BCUT2D eigenvalue weighted by Gasteiger charge is -2.07. The van der Waals surface area contributed by atoms with Crippen LogP contribution in [0.4, 0.5) is 0 Å². The van der Waals surface area contributed by atoms with E-state index in [4.69, 9.17) is 0 Å². The van der Waals surface area contributed by atoms with E-state index in [0.29, 0.717) is 6.42 Å². The number of aliphatic imine (C=N–C) groups is 1. The third kappa shape index (κ3) is 1.32. The van der Waals surface area contributed by atoms with Gasteiger partial charge in [0.1, 0.15) is 0 Å². The molecule has 60 valence electrons. The quantitative estimate of drug-likeness (QED) is 0.662. The molecule has 0 saturated carbocycles. The fourth-order valence-corrected chi connectivity index (χ4v) is 1.58. The van der Waals surface area contributed by atoms with E-state index < -0.39 is 0 Å². The molecule has 1 aliphatic rings. The molecule has 1 aromatic rings. The number of fused-ring (bicyclic) bond motifs is 1. The van der Waals surface area contributed by atoms with Crippen LogP contribution in [0.3, 0.4) is 0 Å². The van der Waals surface area contributed by atoms with Gasteiger partial charge in [0, 0.05) is 10.7 Å². The molecule has 0 fully saturated rings. The first kappa shape index (κ1) is 7.68. The largest absolute Gasteiger partial charge is 0.272 e. The molecule has 2 nitrogen and oxygen atoms in total. The van der Waals surface area contributed by atoms with Crippen molar-refractivity contribution < 1.29 is 4.79 Å². The van der Waals surface area contributed by atoms with Crippen molar-refractivity contribution >= 4 is 28.1 Å². The fourth-order valence-electron chi connectivity index (χ4n) is 1.20. The molecule has 1 heterocycles. The zero-order valence-electron chi connectivity index (χ0n) is 6.25. The molecule has 3 heteroatoms. The minimum Gasteiger partial charge on any atom is -0.272 e. The van der Waals surface area contributed by atoms with Crippen LogP contribution < -0.4 is 0 Å². The molecule has 0 aromatic heterocycles. The van der Waals surface area contributed by atoms with Crippen LogP contribution in [0.25, 0.3) is 0 Å². The Labute approximate surface area is 78.4 Å². The predicted octanol–water partition coefficient (Wildman–Crippen LogP) is 1.95. The van der Waals surface area contributed by atoms with Gasteiger partial charge in [0.25, 0.3) is 0 Å². The molecule has 0 unspecified atom stereocenters. The molecule has 2 rings (SSSR count). The zero-order chi connectivity index (χ0) is 8.55. The lowest BCUT2D eigenvalue weighted by atomic mass is 10.0. The molecule has 0 N–H and O–H groups in total. The Hall–Kier alpha value is -0.960. The van der Waals surface area contributed by atoms with E-state index in [-0.39, 0.29) is 5.91 Å². The van der Waals surface area contributed by atoms with Gasteiger partial charge in [-0.1, -0.05) is 22.0 Å². The Morgan fingerprint density at radius 3 is 3.08 bits per heavy atom. The van der Waals surface area contributed by atoms with Gasteiger partial charge >= 0.3 is 0 Å². The van der Waals surface area contributed by atoms with Crippen LogP contribution >= 0.6 is 15.9 Å². The van der Waals surface area contributed by atoms with Crippen LogP contribution in [-0.4, -0.2) is 12.1 Å². The number of benzene rings is 1. The highest BCUT2D eigenvalue weighted by Gasteiger charge is 2.10. The van der Waals surface area contributed by atoms with Crippen molar-refractivity contribution in [1.29, 1.82) is 0 Å². The molecule has 0 atom stereocenters. The normalized spacial score (nSPS) is 14.6. The van der Waals surface area contributed by atoms with E-state index >= 15 is 0 Å². The number of amides is 1. The van der Waals surface area contributed by atoms with Crippen LogP contribution in [-0.2, 0) is 11.2 Å². The third-order valence-corrected chi connectivity index (χ3v) is 2.29. The average Bonchev–Trinajstić information content (AvgIpc) is 2.05. The van der Waals surface area contributed by atoms with E-state index in [9.17, 15) is 4.79 Å². The van der Waals surface area contributed by atoms with Gasteiger partial charge in [-0.15, -0.1) is 0 Å². The van der Waals surface area contributed by atoms with Crippen LogP contribution in [0.15, 0.2) is 27.7 Å². The van der Waals surface area contributed by atoms with E-state index in [2.05, 4.69) is 20.9 Å². The van der Waals surface area contributed by atoms with Crippen LogP contribution in [0.1, 0.15) is 11.1 Å². The maximum atomic E-state index is 10.9. The first-order valence-electron chi connectivity index (χ1n) is 3.61. The summed E-state index contributed by atoms with van der Waals surface area (Å²) >= 11 is 3.36. The number of nitrogens with zero attached hydrogens (tertiary/aromatic N) is 1. The summed E-state index contributed by atoms with van der Waals surface area (Å²) in [6, 6.07) is 5.85. The monoisotopic (exact) mass is 223 g/mol. The van der Waals surface area contributed by atoms with Crippen LogP contribution in [0.2, 0.25) is 0 Å². The van der Waals surface area contributed by atoms with Gasteiger partial charge in [-0.05, 0) is 23.3 Å². The molecule has 0 spiro atoms. The SMILES string of the molecule is O=C1Cc2ccc(Br)cc2C=N1. The van der Waals surface area contributed by atoms with Gasteiger partial charge in [-0.25, -0.2) is 4.99 Å². The van der Waals surface area contributed by atoms with E-state index in [1.807, 2.05) is 18.2 Å². The van der Waals surface area contributed by atoms with Crippen LogP contribution in [0, 0.1) is 0 Å². The molecule has 0 aliphatic carbocycles. The number of halogens is 1. The molecular weight excluding hydrogens is 218 g/mol. The number of carbonyl (C=O) groups is 1. The number of hydrogen-bond donors (Lipinski definition) is 0. The van der Waals surface area contributed by atoms with Gasteiger partial charge in [-0.3, -0.25) is 4.79 Å². The molecule has 1 aliphatic heterocycles. The number of carbonyl (C=O) groups excluding carboxylic acids is 1.